The van der Waals surface area contributed by atoms with Crippen LogP contribution in [0.1, 0.15) is 6.92 Å². The van der Waals surface area contributed by atoms with Crippen LogP contribution in [0.25, 0.3) is 0 Å². The van der Waals surface area contributed by atoms with Crippen molar-refractivity contribution in [3.8, 4) is 0 Å². The van der Waals surface area contributed by atoms with Crippen LogP contribution >= 0.6 is 0 Å². The van der Waals surface area contributed by atoms with Gasteiger partial charge >= 0.3 is 0 Å². The van der Waals surface area contributed by atoms with Gasteiger partial charge in [-0.3, -0.25) is 4.55 Å². The zero-order valence-corrected chi connectivity index (χ0v) is 11.0. The second-order valence-electron chi connectivity index (χ2n) is 3.77. The highest BCUT2D eigenvalue weighted by Gasteiger charge is 2.36. The van der Waals surface area contributed by atoms with Gasteiger partial charge in [0.1, 0.15) is 0 Å². The lowest BCUT2D eigenvalue weighted by Gasteiger charge is -2.18. The molecule has 0 amide bonds. The molecule has 0 saturated carbocycles. The molecule has 0 fully saturated rings. The molecule has 86 valence electrons. The van der Waals surface area contributed by atoms with Crippen molar-refractivity contribution < 1.29 is 25.3 Å². The van der Waals surface area contributed by atoms with Gasteiger partial charge in [0.25, 0.3) is 20.2 Å². The minimum Gasteiger partial charge on any atom is -0.314 e. The van der Waals surface area contributed by atoms with Crippen LogP contribution in [-0.4, -0.2) is 34.3 Å². The molecule has 0 aliphatic heterocycles. The lowest BCUT2D eigenvalue weighted by Crippen LogP contribution is -2.37. The molecule has 0 radical (unpaired) electrons. The topological polar surface area (TPSA) is 97.7 Å². The molecule has 0 aromatic rings. The molecule has 0 saturated heterocycles. The van der Waals surface area contributed by atoms with E-state index < -0.39 is 33.1 Å². The summed E-state index contributed by atoms with van der Waals surface area (Å²) in [6, 6.07) is 0. The van der Waals surface area contributed by atoms with E-state index in [9.17, 15) is 16.8 Å². The van der Waals surface area contributed by atoms with Crippen molar-refractivity contribution in [2.45, 2.75) is 31.1 Å². The highest BCUT2D eigenvalue weighted by molar-refractivity contribution is 8.04. The first-order chi connectivity index (χ1) is 5.86. The van der Waals surface area contributed by atoms with Gasteiger partial charge in [-0.05, 0) is 26.6 Å². The first kappa shape index (κ1) is 14.0. The Hall–Kier alpha value is 0.0369. The molecule has 1 N–H and O–H groups in total. The van der Waals surface area contributed by atoms with Crippen molar-refractivity contribution in [1.82, 2.24) is 0 Å². The van der Waals surface area contributed by atoms with E-state index in [1.807, 2.05) is 0 Å². The predicted molar refractivity (Wildman–Crippen MR) is 54.4 cm³/mol. The van der Waals surface area contributed by atoms with Crippen LogP contribution in [0, 0.1) is 0 Å². The van der Waals surface area contributed by atoms with Crippen molar-refractivity contribution in [2.24, 2.45) is 0 Å². The molecule has 14 heavy (non-hydrogen) atoms. The van der Waals surface area contributed by atoms with Crippen LogP contribution in [0.4, 0.5) is 0 Å². The number of rotatable bonds is 4. The average Bonchev–Trinajstić information content (AvgIpc) is 1.78. The maximum atomic E-state index is 11.3. The third kappa shape index (κ3) is 4.51. The van der Waals surface area contributed by atoms with Crippen molar-refractivity contribution in [2.75, 3.05) is 0 Å². The molecular weight excluding hydrogens is 248 g/mol. The van der Waals surface area contributed by atoms with E-state index in [2.05, 4.69) is 3.87 Å². The van der Waals surface area contributed by atoms with E-state index in [4.69, 9.17) is 4.55 Å². The fraction of sp³-hybridized carbons (Fsp3) is 1.00. The SMILES string of the molecule is CC(S(=O)(=O)O)S(=O)(=O)O[Si](C)(C)C. The summed E-state index contributed by atoms with van der Waals surface area (Å²) in [6.07, 6.45) is 0. The van der Waals surface area contributed by atoms with Crippen LogP contribution < -0.4 is 0 Å². The fourth-order valence-corrected chi connectivity index (χ4v) is 5.44. The van der Waals surface area contributed by atoms with Gasteiger partial charge in [-0.1, -0.05) is 0 Å². The van der Waals surface area contributed by atoms with Gasteiger partial charge in [0, 0.05) is 0 Å². The van der Waals surface area contributed by atoms with Gasteiger partial charge in [0.2, 0.25) is 12.9 Å². The summed E-state index contributed by atoms with van der Waals surface area (Å²) in [5.41, 5.74) is 0. The molecule has 0 rings (SSSR count). The maximum absolute atomic E-state index is 11.3. The van der Waals surface area contributed by atoms with Crippen LogP contribution in [0.5, 0.6) is 0 Å². The second kappa shape index (κ2) is 3.89. The minimum atomic E-state index is -4.62. The third-order valence-corrected chi connectivity index (χ3v) is 7.21. The summed E-state index contributed by atoms with van der Waals surface area (Å²) < 4.78 is 55.0. The van der Waals surface area contributed by atoms with E-state index in [1.165, 1.54) is 0 Å². The molecule has 1 atom stereocenters. The number of hydrogen-bond donors (Lipinski definition) is 1. The lowest BCUT2D eigenvalue weighted by molar-refractivity contribution is 0.460. The molecule has 0 bridgehead atoms. The molecule has 0 spiro atoms. The summed E-state index contributed by atoms with van der Waals surface area (Å²) in [6.45, 7) is 5.66. The van der Waals surface area contributed by atoms with Crippen LogP contribution in [0.3, 0.4) is 0 Å². The minimum absolute atomic E-state index is 0.866. The zero-order valence-electron chi connectivity index (χ0n) is 8.38. The van der Waals surface area contributed by atoms with Gasteiger partial charge in [-0.25, -0.2) is 0 Å². The summed E-state index contributed by atoms with van der Waals surface area (Å²) in [5, 5.41) is 0. The zero-order chi connectivity index (χ0) is 11.8. The van der Waals surface area contributed by atoms with Crippen molar-refractivity contribution in [3.05, 3.63) is 0 Å². The van der Waals surface area contributed by atoms with Crippen LogP contribution in [0.2, 0.25) is 19.6 Å². The van der Waals surface area contributed by atoms with E-state index in [0.717, 1.165) is 6.92 Å². The summed E-state index contributed by atoms with van der Waals surface area (Å²) >= 11 is 0. The molecule has 6 nitrogen and oxygen atoms in total. The summed E-state index contributed by atoms with van der Waals surface area (Å²) in [7, 11) is -11.3. The Morgan fingerprint density at radius 3 is 1.71 bits per heavy atom. The highest BCUT2D eigenvalue weighted by atomic mass is 32.3. The highest BCUT2D eigenvalue weighted by Crippen LogP contribution is 2.15. The molecular formula is C5H14O6S2Si. The molecule has 0 aromatic carbocycles. The summed E-state index contributed by atoms with van der Waals surface area (Å²) in [4.78, 5) is 0. The molecule has 0 aromatic heterocycles. The predicted octanol–water partition coefficient (Wildman–Crippen LogP) is 0.401. The fourth-order valence-electron chi connectivity index (χ4n) is 0.565. The smallest absolute Gasteiger partial charge is 0.284 e. The quantitative estimate of drug-likeness (QED) is 0.582. The van der Waals surface area contributed by atoms with Gasteiger partial charge in [-0.15, -0.1) is 0 Å². The summed E-state index contributed by atoms with van der Waals surface area (Å²) in [5.74, 6) is 0. The Labute approximate surface area is 85.3 Å². The van der Waals surface area contributed by atoms with E-state index in [1.54, 1.807) is 19.6 Å². The average molecular weight is 262 g/mol. The number of hydrogen-bond acceptors (Lipinski definition) is 5. The van der Waals surface area contributed by atoms with Crippen LogP contribution in [0.15, 0.2) is 0 Å². The van der Waals surface area contributed by atoms with Gasteiger partial charge in [0.15, 0.2) is 0 Å². The normalized spacial score (nSPS) is 16.6. The van der Waals surface area contributed by atoms with Gasteiger partial charge in [-0.2, -0.15) is 16.8 Å². The third-order valence-electron chi connectivity index (χ3n) is 1.19. The monoisotopic (exact) mass is 262 g/mol. The Bertz CT molecular complexity index is 388. The Morgan fingerprint density at radius 1 is 1.14 bits per heavy atom. The maximum Gasteiger partial charge on any atom is 0.284 e. The Morgan fingerprint density at radius 2 is 1.50 bits per heavy atom. The first-order valence-corrected chi connectivity index (χ1v) is 10.2. The molecule has 0 aliphatic carbocycles. The van der Waals surface area contributed by atoms with Crippen molar-refractivity contribution >= 4 is 28.6 Å². The Kier molecular flexibility index (Phi) is 3.90. The van der Waals surface area contributed by atoms with E-state index >= 15 is 0 Å². The second-order valence-corrected chi connectivity index (χ2v) is 12.4. The van der Waals surface area contributed by atoms with Crippen LogP contribution in [-0.2, 0) is 24.1 Å². The largest absolute Gasteiger partial charge is 0.314 e. The van der Waals surface area contributed by atoms with Gasteiger partial charge < -0.3 is 3.87 Å². The lowest BCUT2D eigenvalue weighted by atomic mass is 11.0. The molecule has 0 heterocycles. The Balaban J connectivity index is 5.03. The standard InChI is InChI=1S/C5H14O6S2Si/c1-5(12(6,7)8)13(9,10)11-14(2,3)4/h5H,1-4H3,(H,6,7,8). The van der Waals surface area contributed by atoms with Gasteiger partial charge in [0.05, 0.1) is 0 Å². The van der Waals surface area contributed by atoms with Crippen molar-refractivity contribution in [1.29, 1.82) is 0 Å². The van der Waals surface area contributed by atoms with E-state index in [-0.39, 0.29) is 0 Å². The molecule has 0 aliphatic rings. The molecule has 9 heteroatoms. The van der Waals surface area contributed by atoms with Crippen molar-refractivity contribution in [3.63, 3.8) is 0 Å². The van der Waals surface area contributed by atoms with E-state index in [0.29, 0.717) is 0 Å². The molecule has 1 unspecified atom stereocenters. The first-order valence-electron chi connectivity index (χ1n) is 3.77.